The van der Waals surface area contributed by atoms with Crippen molar-refractivity contribution in [1.82, 2.24) is 15.1 Å². The SMILES string of the molecule is CC(C)(C)CC(=O)NCCCn1cc(Br)cn1. The van der Waals surface area contributed by atoms with Crippen LogP contribution < -0.4 is 5.32 Å². The largest absolute Gasteiger partial charge is 0.356 e. The second-order valence-electron chi connectivity index (χ2n) is 5.36. The summed E-state index contributed by atoms with van der Waals surface area (Å²) in [5, 5.41) is 7.07. The highest BCUT2D eigenvalue weighted by Crippen LogP contribution is 2.17. The Labute approximate surface area is 111 Å². The smallest absolute Gasteiger partial charge is 0.220 e. The molecule has 0 aliphatic carbocycles. The number of aryl methyl sites for hydroxylation is 1. The lowest BCUT2D eigenvalue weighted by Gasteiger charge is -2.17. The van der Waals surface area contributed by atoms with E-state index in [9.17, 15) is 4.79 Å². The van der Waals surface area contributed by atoms with Gasteiger partial charge in [-0.15, -0.1) is 0 Å². The fourth-order valence-electron chi connectivity index (χ4n) is 1.47. The van der Waals surface area contributed by atoms with Crippen LogP contribution in [-0.2, 0) is 11.3 Å². The van der Waals surface area contributed by atoms with Gasteiger partial charge in [0.05, 0.1) is 10.7 Å². The van der Waals surface area contributed by atoms with Crippen LogP contribution in [0.2, 0.25) is 0 Å². The molecule has 0 aromatic carbocycles. The van der Waals surface area contributed by atoms with Crippen LogP contribution in [0, 0.1) is 5.41 Å². The standard InChI is InChI=1S/C12H20BrN3O/c1-12(2,3)7-11(17)14-5-4-6-16-9-10(13)8-15-16/h8-9H,4-7H2,1-3H3,(H,14,17). The van der Waals surface area contributed by atoms with E-state index in [1.54, 1.807) is 6.20 Å². The van der Waals surface area contributed by atoms with Gasteiger partial charge in [0, 0.05) is 25.7 Å². The quantitative estimate of drug-likeness (QED) is 0.850. The maximum atomic E-state index is 11.5. The molecule has 1 N–H and O–H groups in total. The summed E-state index contributed by atoms with van der Waals surface area (Å²) in [6, 6.07) is 0. The fourth-order valence-corrected chi connectivity index (χ4v) is 1.80. The zero-order chi connectivity index (χ0) is 12.9. The van der Waals surface area contributed by atoms with Crippen molar-refractivity contribution in [3.05, 3.63) is 16.9 Å². The van der Waals surface area contributed by atoms with Crippen molar-refractivity contribution in [1.29, 1.82) is 0 Å². The van der Waals surface area contributed by atoms with Crippen molar-refractivity contribution in [2.45, 2.75) is 40.2 Å². The molecule has 0 saturated heterocycles. The van der Waals surface area contributed by atoms with Crippen LogP contribution in [0.4, 0.5) is 0 Å². The highest BCUT2D eigenvalue weighted by Gasteiger charge is 2.15. The number of amides is 1. The first-order valence-electron chi connectivity index (χ1n) is 5.81. The first kappa shape index (κ1) is 14.2. The van der Waals surface area contributed by atoms with Crippen molar-refractivity contribution in [2.75, 3.05) is 6.54 Å². The Kier molecular flexibility index (Phi) is 5.18. The molecule has 17 heavy (non-hydrogen) atoms. The van der Waals surface area contributed by atoms with Crippen LogP contribution in [0.5, 0.6) is 0 Å². The number of rotatable bonds is 5. The highest BCUT2D eigenvalue weighted by molar-refractivity contribution is 9.10. The Hall–Kier alpha value is -0.840. The Morgan fingerprint density at radius 2 is 2.24 bits per heavy atom. The van der Waals surface area contributed by atoms with Crippen molar-refractivity contribution in [3.8, 4) is 0 Å². The summed E-state index contributed by atoms with van der Waals surface area (Å²) >= 11 is 3.34. The molecule has 1 heterocycles. The molecule has 1 amide bonds. The molecule has 0 bridgehead atoms. The molecule has 0 saturated carbocycles. The van der Waals surface area contributed by atoms with Crippen LogP contribution in [0.25, 0.3) is 0 Å². The molecule has 4 nitrogen and oxygen atoms in total. The molecule has 0 aliphatic heterocycles. The molecule has 0 atom stereocenters. The Bertz CT molecular complexity index is 368. The molecule has 5 heteroatoms. The van der Waals surface area contributed by atoms with Crippen LogP contribution in [-0.4, -0.2) is 22.2 Å². The fraction of sp³-hybridized carbons (Fsp3) is 0.667. The topological polar surface area (TPSA) is 46.9 Å². The summed E-state index contributed by atoms with van der Waals surface area (Å²) in [5.41, 5.74) is 0.0525. The number of halogens is 1. The average molecular weight is 302 g/mol. The Morgan fingerprint density at radius 3 is 2.76 bits per heavy atom. The molecule has 0 fully saturated rings. The normalized spacial score (nSPS) is 11.5. The monoisotopic (exact) mass is 301 g/mol. The van der Waals surface area contributed by atoms with E-state index in [1.165, 1.54) is 0 Å². The third kappa shape index (κ3) is 6.46. The van der Waals surface area contributed by atoms with E-state index in [-0.39, 0.29) is 11.3 Å². The van der Waals surface area contributed by atoms with Gasteiger partial charge >= 0.3 is 0 Å². The number of carbonyl (C=O) groups is 1. The minimum Gasteiger partial charge on any atom is -0.356 e. The van der Waals surface area contributed by atoms with Gasteiger partial charge in [-0.3, -0.25) is 9.48 Å². The second kappa shape index (κ2) is 6.19. The number of aromatic nitrogens is 2. The van der Waals surface area contributed by atoms with Crippen molar-refractivity contribution in [2.24, 2.45) is 5.41 Å². The summed E-state index contributed by atoms with van der Waals surface area (Å²) in [7, 11) is 0. The van der Waals surface area contributed by atoms with E-state index < -0.39 is 0 Å². The van der Waals surface area contributed by atoms with Gasteiger partial charge in [-0.1, -0.05) is 20.8 Å². The van der Waals surface area contributed by atoms with E-state index in [1.807, 2.05) is 10.9 Å². The zero-order valence-corrected chi connectivity index (χ0v) is 12.2. The lowest BCUT2D eigenvalue weighted by Crippen LogP contribution is -2.28. The molecular formula is C12H20BrN3O. The molecule has 0 radical (unpaired) electrons. The van der Waals surface area contributed by atoms with Gasteiger partial charge in [-0.2, -0.15) is 5.10 Å². The number of nitrogens with zero attached hydrogens (tertiary/aromatic N) is 2. The summed E-state index contributed by atoms with van der Waals surface area (Å²) < 4.78 is 2.84. The zero-order valence-electron chi connectivity index (χ0n) is 10.7. The van der Waals surface area contributed by atoms with Crippen LogP contribution in [0.1, 0.15) is 33.6 Å². The van der Waals surface area contributed by atoms with Gasteiger partial charge in [0.15, 0.2) is 0 Å². The Balaban J connectivity index is 2.14. The average Bonchev–Trinajstić information content (AvgIpc) is 2.56. The first-order valence-corrected chi connectivity index (χ1v) is 6.61. The first-order chi connectivity index (χ1) is 7.87. The van der Waals surface area contributed by atoms with Crippen LogP contribution >= 0.6 is 15.9 Å². The predicted octanol–water partition coefficient (Wildman–Crippen LogP) is 2.59. The van der Waals surface area contributed by atoms with Gasteiger partial charge < -0.3 is 5.32 Å². The van der Waals surface area contributed by atoms with Crippen molar-refractivity contribution in [3.63, 3.8) is 0 Å². The van der Waals surface area contributed by atoms with E-state index in [4.69, 9.17) is 0 Å². The van der Waals surface area contributed by atoms with Gasteiger partial charge in [0.1, 0.15) is 0 Å². The van der Waals surface area contributed by atoms with Gasteiger partial charge in [-0.25, -0.2) is 0 Å². The second-order valence-corrected chi connectivity index (χ2v) is 6.28. The minimum absolute atomic E-state index is 0.0525. The molecular weight excluding hydrogens is 282 g/mol. The predicted molar refractivity (Wildman–Crippen MR) is 71.6 cm³/mol. The molecule has 0 aliphatic rings. The van der Waals surface area contributed by atoms with E-state index in [0.29, 0.717) is 13.0 Å². The molecule has 96 valence electrons. The summed E-state index contributed by atoms with van der Waals surface area (Å²) in [6.07, 6.45) is 5.15. The number of carbonyl (C=O) groups excluding carboxylic acids is 1. The summed E-state index contributed by atoms with van der Waals surface area (Å²) in [5.74, 6) is 0.124. The Morgan fingerprint density at radius 1 is 1.53 bits per heavy atom. The van der Waals surface area contributed by atoms with Gasteiger partial charge in [0.2, 0.25) is 5.91 Å². The number of hydrogen-bond acceptors (Lipinski definition) is 2. The van der Waals surface area contributed by atoms with Crippen molar-refractivity contribution >= 4 is 21.8 Å². The third-order valence-corrected chi connectivity index (χ3v) is 2.59. The third-order valence-electron chi connectivity index (χ3n) is 2.18. The van der Waals surface area contributed by atoms with Crippen molar-refractivity contribution < 1.29 is 4.79 Å². The highest BCUT2D eigenvalue weighted by atomic mass is 79.9. The van der Waals surface area contributed by atoms with E-state index >= 15 is 0 Å². The van der Waals surface area contributed by atoms with E-state index in [0.717, 1.165) is 17.4 Å². The van der Waals surface area contributed by atoms with E-state index in [2.05, 4.69) is 47.1 Å². The molecule has 1 aromatic heterocycles. The summed E-state index contributed by atoms with van der Waals surface area (Å²) in [4.78, 5) is 11.5. The maximum absolute atomic E-state index is 11.5. The van der Waals surface area contributed by atoms with Crippen LogP contribution in [0.3, 0.4) is 0 Å². The molecule has 1 rings (SSSR count). The summed E-state index contributed by atoms with van der Waals surface area (Å²) in [6.45, 7) is 7.71. The molecule has 1 aromatic rings. The number of nitrogens with one attached hydrogen (secondary N) is 1. The van der Waals surface area contributed by atoms with Gasteiger partial charge in [0.25, 0.3) is 0 Å². The molecule has 0 spiro atoms. The maximum Gasteiger partial charge on any atom is 0.220 e. The lowest BCUT2D eigenvalue weighted by atomic mass is 9.92. The van der Waals surface area contributed by atoms with Gasteiger partial charge in [-0.05, 0) is 27.8 Å². The minimum atomic E-state index is 0.0525. The lowest BCUT2D eigenvalue weighted by molar-refractivity contribution is -0.122. The number of hydrogen-bond donors (Lipinski definition) is 1. The van der Waals surface area contributed by atoms with Crippen LogP contribution in [0.15, 0.2) is 16.9 Å². The molecule has 0 unspecified atom stereocenters.